The summed E-state index contributed by atoms with van der Waals surface area (Å²) in [7, 11) is 3.87. The number of aliphatic hydroxyl groups is 1. The van der Waals surface area contributed by atoms with E-state index >= 15 is 0 Å². The van der Waals surface area contributed by atoms with Crippen LogP contribution in [0.2, 0.25) is 0 Å². The normalized spacial score (nSPS) is 15.5. The van der Waals surface area contributed by atoms with Gasteiger partial charge in [0.15, 0.2) is 11.5 Å². The highest BCUT2D eigenvalue weighted by Crippen LogP contribution is 2.43. The van der Waals surface area contributed by atoms with Crippen molar-refractivity contribution in [1.29, 1.82) is 0 Å². The predicted octanol–water partition coefficient (Wildman–Crippen LogP) is 6.07. The number of ether oxygens (including phenoxy) is 1. The van der Waals surface area contributed by atoms with Gasteiger partial charge in [0.05, 0.1) is 18.2 Å². The Hall–Kier alpha value is -4.52. The fraction of sp³-hybridized carbons (Fsp3) is 0.200. The Kier molecular flexibility index (Phi) is 6.44. The van der Waals surface area contributed by atoms with Crippen LogP contribution in [0.4, 0.5) is 11.4 Å². The van der Waals surface area contributed by atoms with Gasteiger partial charge in [0, 0.05) is 36.9 Å². The molecule has 188 valence electrons. The summed E-state index contributed by atoms with van der Waals surface area (Å²) in [6, 6.07) is 22.7. The molecular formula is C30H28N2O5. The molecule has 7 heteroatoms. The van der Waals surface area contributed by atoms with Crippen molar-refractivity contribution in [1.82, 2.24) is 0 Å². The monoisotopic (exact) mass is 496 g/mol. The average Bonchev–Trinajstić information content (AvgIpc) is 3.46. The van der Waals surface area contributed by atoms with E-state index in [1.54, 1.807) is 30.3 Å². The van der Waals surface area contributed by atoms with Gasteiger partial charge in [-0.15, -0.1) is 0 Å². The van der Waals surface area contributed by atoms with E-state index in [0.29, 0.717) is 29.2 Å². The van der Waals surface area contributed by atoms with E-state index in [-0.39, 0.29) is 11.3 Å². The van der Waals surface area contributed by atoms with E-state index in [1.807, 2.05) is 74.4 Å². The number of nitrogens with zero attached hydrogens (tertiary/aromatic N) is 2. The Morgan fingerprint density at radius 1 is 1.03 bits per heavy atom. The molecule has 1 atom stereocenters. The molecule has 0 fully saturated rings. The molecule has 3 aromatic carbocycles. The molecule has 4 aromatic rings. The standard InChI is InChI=1S/C30H28N2O5/c1-4-16-36-23-10-7-9-22(18-23)32-27(19-12-14-21(15-13-19)31(2)3)26(29(34)30(32)35)28(33)25-17-20-8-5-6-11-24(20)37-25/h5-15,17-18,27,34H,4,16H2,1-3H3. The van der Waals surface area contributed by atoms with Crippen LogP contribution in [0.3, 0.4) is 0 Å². The third-order valence-electron chi connectivity index (χ3n) is 6.40. The fourth-order valence-electron chi connectivity index (χ4n) is 4.54. The van der Waals surface area contributed by atoms with Gasteiger partial charge in [-0.25, -0.2) is 0 Å². The van der Waals surface area contributed by atoms with Gasteiger partial charge in [0.2, 0.25) is 5.78 Å². The molecular weight excluding hydrogens is 468 g/mol. The Bertz CT molecular complexity index is 1470. The summed E-state index contributed by atoms with van der Waals surface area (Å²) in [6.07, 6.45) is 0.839. The van der Waals surface area contributed by atoms with Gasteiger partial charge in [-0.1, -0.05) is 43.3 Å². The van der Waals surface area contributed by atoms with Crippen molar-refractivity contribution < 1.29 is 23.8 Å². The first-order chi connectivity index (χ1) is 17.9. The maximum atomic E-state index is 13.8. The molecule has 7 nitrogen and oxygen atoms in total. The number of benzene rings is 3. The lowest BCUT2D eigenvalue weighted by Gasteiger charge is -2.27. The van der Waals surface area contributed by atoms with Crippen LogP contribution in [0.15, 0.2) is 94.6 Å². The van der Waals surface area contributed by atoms with Crippen LogP contribution in [0.25, 0.3) is 11.0 Å². The maximum Gasteiger partial charge on any atom is 0.294 e. The number of ketones is 1. The molecule has 0 radical (unpaired) electrons. The van der Waals surface area contributed by atoms with Gasteiger partial charge in [0.1, 0.15) is 11.3 Å². The lowest BCUT2D eigenvalue weighted by atomic mass is 9.94. The summed E-state index contributed by atoms with van der Waals surface area (Å²) in [6.45, 7) is 2.55. The van der Waals surface area contributed by atoms with Crippen molar-refractivity contribution in [3.8, 4) is 5.75 Å². The summed E-state index contributed by atoms with van der Waals surface area (Å²) >= 11 is 0. The predicted molar refractivity (Wildman–Crippen MR) is 143 cm³/mol. The number of carbonyl (C=O) groups excluding carboxylic acids is 2. The fourth-order valence-corrected chi connectivity index (χ4v) is 4.54. The van der Waals surface area contributed by atoms with Gasteiger partial charge >= 0.3 is 0 Å². The zero-order valence-corrected chi connectivity index (χ0v) is 21.0. The van der Waals surface area contributed by atoms with Crippen LogP contribution in [0, 0.1) is 0 Å². The zero-order chi connectivity index (χ0) is 26.1. The first-order valence-electron chi connectivity index (χ1n) is 12.2. The lowest BCUT2D eigenvalue weighted by Crippen LogP contribution is -2.31. The highest BCUT2D eigenvalue weighted by Gasteiger charge is 2.45. The van der Waals surface area contributed by atoms with E-state index < -0.39 is 23.5 Å². The second-order valence-electron chi connectivity index (χ2n) is 9.15. The van der Waals surface area contributed by atoms with E-state index in [9.17, 15) is 14.7 Å². The van der Waals surface area contributed by atoms with Gasteiger partial charge in [-0.2, -0.15) is 0 Å². The van der Waals surface area contributed by atoms with E-state index in [1.165, 1.54) is 4.90 Å². The summed E-state index contributed by atoms with van der Waals surface area (Å²) in [5.74, 6) is -1.12. The van der Waals surface area contributed by atoms with Crippen molar-refractivity contribution in [2.24, 2.45) is 0 Å². The lowest BCUT2D eigenvalue weighted by molar-refractivity contribution is -0.117. The number of fused-ring (bicyclic) bond motifs is 1. The second-order valence-corrected chi connectivity index (χ2v) is 9.15. The molecule has 1 aliphatic heterocycles. The average molecular weight is 497 g/mol. The number of carbonyl (C=O) groups is 2. The number of furan rings is 1. The minimum Gasteiger partial charge on any atom is -0.503 e. The van der Waals surface area contributed by atoms with Crippen LogP contribution in [-0.4, -0.2) is 37.5 Å². The van der Waals surface area contributed by atoms with Crippen molar-refractivity contribution in [3.63, 3.8) is 0 Å². The van der Waals surface area contributed by atoms with Gasteiger partial charge in [-0.3, -0.25) is 14.5 Å². The van der Waals surface area contributed by atoms with Crippen molar-refractivity contribution in [2.75, 3.05) is 30.5 Å². The molecule has 5 rings (SSSR count). The SMILES string of the molecule is CCCOc1cccc(N2C(=O)C(O)=C(C(=O)c3cc4ccccc4o3)C2c2ccc(N(C)C)cc2)c1. The number of rotatable bonds is 8. The Morgan fingerprint density at radius 3 is 2.49 bits per heavy atom. The third kappa shape index (κ3) is 4.44. The van der Waals surface area contributed by atoms with Crippen LogP contribution >= 0.6 is 0 Å². The quantitative estimate of drug-likeness (QED) is 0.298. The molecule has 37 heavy (non-hydrogen) atoms. The number of hydrogen-bond acceptors (Lipinski definition) is 6. The summed E-state index contributed by atoms with van der Waals surface area (Å²) in [5.41, 5.74) is 2.69. The van der Waals surface area contributed by atoms with Crippen molar-refractivity contribution in [3.05, 3.63) is 102 Å². The minimum atomic E-state index is -0.856. The van der Waals surface area contributed by atoms with Crippen LogP contribution in [0.1, 0.15) is 35.5 Å². The first-order valence-corrected chi connectivity index (χ1v) is 12.2. The minimum absolute atomic E-state index is 0.0264. The highest BCUT2D eigenvalue weighted by molar-refractivity contribution is 6.20. The molecule has 0 saturated heterocycles. The van der Waals surface area contributed by atoms with E-state index in [0.717, 1.165) is 17.5 Å². The van der Waals surface area contributed by atoms with Crippen LogP contribution in [0.5, 0.6) is 5.75 Å². The van der Waals surface area contributed by atoms with Gasteiger partial charge < -0.3 is 19.2 Å². The van der Waals surface area contributed by atoms with Crippen molar-refractivity contribution in [2.45, 2.75) is 19.4 Å². The number of hydrogen-bond donors (Lipinski definition) is 1. The molecule has 0 aliphatic carbocycles. The number of aliphatic hydroxyl groups excluding tert-OH is 1. The number of anilines is 2. The Morgan fingerprint density at radius 2 is 1.78 bits per heavy atom. The molecule has 1 aromatic heterocycles. The third-order valence-corrected chi connectivity index (χ3v) is 6.40. The van der Waals surface area contributed by atoms with E-state index in [4.69, 9.17) is 9.15 Å². The Labute approximate surface area is 215 Å². The smallest absolute Gasteiger partial charge is 0.294 e. The molecule has 1 unspecified atom stereocenters. The largest absolute Gasteiger partial charge is 0.503 e. The first kappa shape index (κ1) is 24.2. The molecule has 2 heterocycles. The van der Waals surface area contributed by atoms with Gasteiger partial charge in [-0.05, 0) is 48.4 Å². The van der Waals surface area contributed by atoms with Gasteiger partial charge in [0.25, 0.3) is 5.91 Å². The van der Waals surface area contributed by atoms with E-state index in [2.05, 4.69) is 0 Å². The molecule has 1 aliphatic rings. The summed E-state index contributed by atoms with van der Waals surface area (Å²) in [5, 5.41) is 11.8. The molecule has 0 bridgehead atoms. The highest BCUT2D eigenvalue weighted by atomic mass is 16.5. The second kappa shape index (κ2) is 9.85. The van der Waals surface area contributed by atoms with Crippen LogP contribution in [-0.2, 0) is 4.79 Å². The maximum absolute atomic E-state index is 13.8. The number of amides is 1. The Balaban J connectivity index is 1.62. The molecule has 0 saturated carbocycles. The molecule has 1 amide bonds. The van der Waals surface area contributed by atoms with Crippen molar-refractivity contribution >= 4 is 34.0 Å². The summed E-state index contributed by atoms with van der Waals surface area (Å²) in [4.78, 5) is 30.7. The number of Topliss-reactive ketones (excluding diaryl/α,β-unsaturated/α-hetero) is 1. The van der Waals surface area contributed by atoms with Crippen LogP contribution < -0.4 is 14.5 Å². The topological polar surface area (TPSA) is 83.2 Å². The molecule has 1 N–H and O–H groups in total. The number of para-hydroxylation sites is 1. The molecule has 0 spiro atoms. The summed E-state index contributed by atoms with van der Waals surface area (Å²) < 4.78 is 11.6. The zero-order valence-electron chi connectivity index (χ0n) is 21.0.